The highest BCUT2D eigenvalue weighted by Gasteiger charge is 2.25. The number of nitrogens with zero attached hydrogens (tertiary/aromatic N) is 1. The van der Waals surface area contributed by atoms with Crippen LogP contribution in [0.2, 0.25) is 0 Å². The molecule has 2 amide bonds. The lowest BCUT2D eigenvalue weighted by Gasteiger charge is -2.10. The molecule has 1 N–H and O–H groups in total. The molecule has 7 nitrogen and oxygen atoms in total. The predicted molar refractivity (Wildman–Crippen MR) is 92.9 cm³/mol. The lowest BCUT2D eigenvalue weighted by Crippen LogP contribution is -2.17. The highest BCUT2D eigenvalue weighted by molar-refractivity contribution is 8.18. The molecule has 1 aliphatic rings. The summed E-state index contributed by atoms with van der Waals surface area (Å²) in [6.07, 6.45) is 1.36. The standard InChI is InChI=1S/C17H11FN2O5S/c18-12-3-1-10(2-4-12)9-25-14-6-5-13(20(23)24)7-11(14)8-15-16(21)19-17(22)26-15/h1-8H,9H2,(H,19,21,22)/b15-8-. The predicted octanol–water partition coefficient (Wildman–Crippen LogP) is 3.64. The molecular weight excluding hydrogens is 363 g/mol. The van der Waals surface area contributed by atoms with Gasteiger partial charge in [-0.25, -0.2) is 4.39 Å². The Kier molecular flexibility index (Phi) is 4.99. The molecule has 2 aromatic carbocycles. The van der Waals surface area contributed by atoms with Crippen LogP contribution in [0, 0.1) is 15.9 Å². The quantitative estimate of drug-likeness (QED) is 0.487. The van der Waals surface area contributed by atoms with E-state index in [1.165, 1.54) is 36.4 Å². The molecule has 0 atom stereocenters. The van der Waals surface area contributed by atoms with E-state index in [-0.39, 0.29) is 28.6 Å². The number of carbonyl (C=O) groups excluding carboxylic acids is 2. The van der Waals surface area contributed by atoms with Crippen LogP contribution in [0.3, 0.4) is 0 Å². The van der Waals surface area contributed by atoms with Gasteiger partial charge in [0, 0.05) is 17.7 Å². The van der Waals surface area contributed by atoms with Crippen LogP contribution in [-0.2, 0) is 11.4 Å². The number of amides is 2. The highest BCUT2D eigenvalue weighted by Crippen LogP contribution is 2.31. The normalized spacial score (nSPS) is 15.2. The molecule has 2 aromatic rings. The van der Waals surface area contributed by atoms with Gasteiger partial charge in [-0.3, -0.25) is 25.0 Å². The van der Waals surface area contributed by atoms with E-state index in [2.05, 4.69) is 5.32 Å². The summed E-state index contributed by atoms with van der Waals surface area (Å²) in [5.74, 6) is -0.653. The molecule has 1 heterocycles. The third kappa shape index (κ3) is 4.06. The van der Waals surface area contributed by atoms with Gasteiger partial charge in [0.05, 0.1) is 9.83 Å². The van der Waals surface area contributed by atoms with Gasteiger partial charge in [-0.1, -0.05) is 12.1 Å². The van der Waals surface area contributed by atoms with Crippen molar-refractivity contribution in [3.05, 3.63) is 74.4 Å². The molecule has 1 saturated heterocycles. The number of hydrogen-bond donors (Lipinski definition) is 1. The number of benzene rings is 2. The first-order chi connectivity index (χ1) is 12.4. The molecule has 1 fully saturated rings. The first kappa shape index (κ1) is 17.6. The summed E-state index contributed by atoms with van der Waals surface area (Å²) >= 11 is 0.702. The van der Waals surface area contributed by atoms with Crippen molar-refractivity contribution >= 4 is 34.7 Å². The van der Waals surface area contributed by atoms with Crippen molar-refractivity contribution in [2.75, 3.05) is 0 Å². The van der Waals surface area contributed by atoms with Gasteiger partial charge in [-0.05, 0) is 41.6 Å². The molecule has 0 radical (unpaired) electrons. The van der Waals surface area contributed by atoms with E-state index in [4.69, 9.17) is 4.74 Å². The van der Waals surface area contributed by atoms with E-state index in [0.717, 1.165) is 0 Å². The Morgan fingerprint density at radius 3 is 2.54 bits per heavy atom. The molecule has 0 unspecified atom stereocenters. The van der Waals surface area contributed by atoms with Crippen LogP contribution in [-0.4, -0.2) is 16.1 Å². The maximum Gasteiger partial charge on any atom is 0.290 e. The molecule has 0 saturated carbocycles. The fourth-order valence-corrected chi connectivity index (χ4v) is 2.87. The minimum Gasteiger partial charge on any atom is -0.488 e. The molecule has 132 valence electrons. The molecule has 0 aromatic heterocycles. The molecule has 0 aliphatic carbocycles. The van der Waals surface area contributed by atoms with E-state index < -0.39 is 16.1 Å². The zero-order valence-corrected chi connectivity index (χ0v) is 13.9. The largest absolute Gasteiger partial charge is 0.488 e. The summed E-state index contributed by atoms with van der Waals surface area (Å²) in [4.78, 5) is 33.5. The van der Waals surface area contributed by atoms with Crippen molar-refractivity contribution < 1.29 is 23.6 Å². The van der Waals surface area contributed by atoms with E-state index in [9.17, 15) is 24.1 Å². The van der Waals surface area contributed by atoms with Gasteiger partial charge < -0.3 is 4.74 Å². The molecule has 26 heavy (non-hydrogen) atoms. The van der Waals surface area contributed by atoms with Gasteiger partial charge in [0.15, 0.2) is 0 Å². The summed E-state index contributed by atoms with van der Waals surface area (Å²) in [6, 6.07) is 9.63. The molecule has 0 spiro atoms. The van der Waals surface area contributed by atoms with Crippen molar-refractivity contribution in [1.82, 2.24) is 5.32 Å². The van der Waals surface area contributed by atoms with Crippen LogP contribution < -0.4 is 10.1 Å². The molecular formula is C17H11FN2O5S. The summed E-state index contributed by atoms with van der Waals surface area (Å²) in [6.45, 7) is 0.104. The smallest absolute Gasteiger partial charge is 0.290 e. The van der Waals surface area contributed by atoms with Gasteiger partial charge in [-0.2, -0.15) is 0 Å². The van der Waals surface area contributed by atoms with Gasteiger partial charge in [0.1, 0.15) is 18.2 Å². The topological polar surface area (TPSA) is 98.5 Å². The number of nitrogens with one attached hydrogen (secondary N) is 1. The lowest BCUT2D eigenvalue weighted by atomic mass is 10.1. The first-order valence-electron chi connectivity index (χ1n) is 7.33. The Morgan fingerprint density at radius 2 is 1.92 bits per heavy atom. The van der Waals surface area contributed by atoms with Crippen molar-refractivity contribution in [2.45, 2.75) is 6.61 Å². The Balaban J connectivity index is 1.90. The minimum absolute atomic E-state index is 0.104. The first-order valence-corrected chi connectivity index (χ1v) is 8.14. The highest BCUT2D eigenvalue weighted by atomic mass is 32.2. The Hall–Kier alpha value is -3.20. The van der Waals surface area contributed by atoms with Gasteiger partial charge in [-0.15, -0.1) is 0 Å². The maximum atomic E-state index is 12.9. The van der Waals surface area contributed by atoms with Crippen molar-refractivity contribution in [3.63, 3.8) is 0 Å². The number of rotatable bonds is 5. The number of carbonyl (C=O) groups is 2. The van der Waals surface area contributed by atoms with E-state index in [1.807, 2.05) is 0 Å². The van der Waals surface area contributed by atoms with Crippen LogP contribution >= 0.6 is 11.8 Å². The van der Waals surface area contributed by atoms with Crippen molar-refractivity contribution in [3.8, 4) is 5.75 Å². The van der Waals surface area contributed by atoms with Crippen molar-refractivity contribution in [1.29, 1.82) is 0 Å². The van der Waals surface area contributed by atoms with Crippen LogP contribution in [0.5, 0.6) is 5.75 Å². The maximum absolute atomic E-state index is 12.9. The number of nitro benzene ring substituents is 1. The fraction of sp³-hybridized carbons (Fsp3) is 0.0588. The summed E-state index contributed by atoms with van der Waals surface area (Å²) in [5.41, 5.74) is 0.806. The Labute approximate surface area is 151 Å². The number of halogens is 1. The molecule has 9 heteroatoms. The molecule has 0 bridgehead atoms. The van der Waals surface area contributed by atoms with Crippen LogP contribution in [0.25, 0.3) is 6.08 Å². The van der Waals surface area contributed by atoms with Crippen molar-refractivity contribution in [2.24, 2.45) is 0 Å². The van der Waals surface area contributed by atoms with E-state index in [0.29, 0.717) is 23.1 Å². The van der Waals surface area contributed by atoms with E-state index >= 15 is 0 Å². The summed E-state index contributed by atoms with van der Waals surface area (Å²) < 4.78 is 18.6. The van der Waals surface area contributed by atoms with Crippen LogP contribution in [0.15, 0.2) is 47.4 Å². The average Bonchev–Trinajstić information content (AvgIpc) is 2.92. The fourth-order valence-electron chi connectivity index (χ4n) is 2.20. The van der Waals surface area contributed by atoms with Gasteiger partial charge >= 0.3 is 0 Å². The van der Waals surface area contributed by atoms with E-state index in [1.54, 1.807) is 12.1 Å². The number of ether oxygens (including phenoxy) is 1. The number of non-ortho nitro benzene ring substituents is 1. The third-order valence-electron chi connectivity index (χ3n) is 3.44. The molecule has 1 aliphatic heterocycles. The third-order valence-corrected chi connectivity index (χ3v) is 4.25. The average molecular weight is 374 g/mol. The zero-order chi connectivity index (χ0) is 18.7. The monoisotopic (exact) mass is 374 g/mol. The van der Waals surface area contributed by atoms with Crippen LogP contribution in [0.4, 0.5) is 14.9 Å². The number of thioether (sulfide) groups is 1. The Morgan fingerprint density at radius 1 is 1.19 bits per heavy atom. The van der Waals surface area contributed by atoms with Gasteiger partial charge in [0.25, 0.3) is 16.8 Å². The number of imide groups is 1. The Bertz CT molecular complexity index is 927. The molecule has 3 rings (SSSR count). The minimum atomic E-state index is -0.573. The zero-order valence-electron chi connectivity index (χ0n) is 13.1. The summed E-state index contributed by atoms with van der Waals surface area (Å²) in [5, 5.41) is 12.6. The second-order valence-electron chi connectivity index (χ2n) is 5.25. The summed E-state index contributed by atoms with van der Waals surface area (Å²) in [7, 11) is 0. The van der Waals surface area contributed by atoms with Crippen LogP contribution in [0.1, 0.15) is 11.1 Å². The van der Waals surface area contributed by atoms with Gasteiger partial charge in [0.2, 0.25) is 0 Å². The second kappa shape index (κ2) is 7.36. The number of nitro groups is 1. The second-order valence-corrected chi connectivity index (χ2v) is 6.26. The SMILES string of the molecule is O=C1NC(=O)/C(=C/c2cc([N+](=O)[O-])ccc2OCc2ccc(F)cc2)S1. The lowest BCUT2D eigenvalue weighted by molar-refractivity contribution is -0.384. The number of hydrogen-bond acceptors (Lipinski definition) is 6.